The highest BCUT2D eigenvalue weighted by Crippen LogP contribution is 2.19. The minimum atomic E-state index is -0.282. The fourth-order valence-electron chi connectivity index (χ4n) is 1.00. The predicted molar refractivity (Wildman–Crippen MR) is 56.9 cm³/mol. The van der Waals surface area contributed by atoms with E-state index in [0.29, 0.717) is 12.2 Å². The number of aliphatic hydroxyl groups is 1. The van der Waals surface area contributed by atoms with Crippen molar-refractivity contribution in [3.8, 4) is 0 Å². The number of rotatable bonds is 5. The third-order valence-electron chi connectivity index (χ3n) is 1.70. The van der Waals surface area contributed by atoms with Crippen LogP contribution in [-0.2, 0) is 11.4 Å². The molecule has 0 spiro atoms. The zero-order valence-electron chi connectivity index (χ0n) is 7.77. The van der Waals surface area contributed by atoms with Crippen LogP contribution in [0.4, 0.5) is 0 Å². The van der Waals surface area contributed by atoms with E-state index in [2.05, 4.69) is 0 Å². The van der Waals surface area contributed by atoms with Crippen LogP contribution in [0.2, 0.25) is 0 Å². The summed E-state index contributed by atoms with van der Waals surface area (Å²) >= 11 is 1.57. The van der Waals surface area contributed by atoms with Gasteiger partial charge in [0.15, 0.2) is 0 Å². The Morgan fingerprint density at radius 2 is 2.29 bits per heavy atom. The summed E-state index contributed by atoms with van der Waals surface area (Å²) in [5.74, 6) is 0.403. The van der Waals surface area contributed by atoms with Crippen LogP contribution in [0.3, 0.4) is 0 Å². The lowest BCUT2D eigenvalue weighted by Gasteiger charge is -2.01. The van der Waals surface area contributed by atoms with E-state index in [1.165, 1.54) is 0 Å². The normalized spacial score (nSPS) is 10.1. The maximum atomic E-state index is 10.5. The highest BCUT2D eigenvalue weighted by atomic mass is 32.2. The summed E-state index contributed by atoms with van der Waals surface area (Å²) in [5.41, 5.74) is 5.90. The van der Waals surface area contributed by atoms with Crippen molar-refractivity contribution in [2.24, 2.45) is 5.73 Å². The maximum absolute atomic E-state index is 10.5. The van der Waals surface area contributed by atoms with Gasteiger partial charge in [-0.2, -0.15) is 0 Å². The topological polar surface area (TPSA) is 63.3 Å². The highest BCUT2D eigenvalue weighted by molar-refractivity contribution is 7.99. The van der Waals surface area contributed by atoms with Gasteiger partial charge in [-0.25, -0.2) is 0 Å². The van der Waals surface area contributed by atoms with Gasteiger partial charge >= 0.3 is 0 Å². The number of carbonyl (C=O) groups is 1. The second-order valence-corrected chi connectivity index (χ2v) is 4.04. The van der Waals surface area contributed by atoms with Crippen LogP contribution < -0.4 is 5.73 Å². The highest BCUT2D eigenvalue weighted by Gasteiger charge is 1.98. The number of aliphatic hydroxyl groups excluding tert-OH is 1. The molecule has 3 nitrogen and oxygen atoms in total. The Labute approximate surface area is 87.3 Å². The Hall–Kier alpha value is -1.00. The van der Waals surface area contributed by atoms with Crippen molar-refractivity contribution in [1.82, 2.24) is 0 Å². The zero-order chi connectivity index (χ0) is 10.4. The summed E-state index contributed by atoms with van der Waals surface area (Å²) in [4.78, 5) is 11.5. The minimum Gasteiger partial charge on any atom is -0.392 e. The van der Waals surface area contributed by atoms with E-state index in [0.717, 1.165) is 10.5 Å². The molecule has 0 atom stereocenters. The van der Waals surface area contributed by atoms with E-state index in [9.17, 15) is 4.79 Å². The number of hydrogen-bond acceptors (Lipinski definition) is 3. The smallest absolute Gasteiger partial charge is 0.218 e. The monoisotopic (exact) mass is 211 g/mol. The lowest BCUT2D eigenvalue weighted by atomic mass is 10.2. The van der Waals surface area contributed by atoms with E-state index < -0.39 is 0 Å². The van der Waals surface area contributed by atoms with Crippen LogP contribution in [0, 0.1) is 0 Å². The third kappa shape index (κ3) is 3.81. The first-order chi connectivity index (χ1) is 6.72. The fraction of sp³-hybridized carbons (Fsp3) is 0.300. The van der Waals surface area contributed by atoms with Crippen molar-refractivity contribution in [3.05, 3.63) is 29.8 Å². The standard InChI is InChI=1S/C10H13NO2S/c11-10(13)4-5-14-9-3-1-2-8(6-9)7-12/h1-3,6,12H,4-5,7H2,(H2,11,13). The molecular formula is C10H13NO2S. The fourth-order valence-corrected chi connectivity index (χ4v) is 1.95. The van der Waals surface area contributed by atoms with Gasteiger partial charge in [-0.1, -0.05) is 12.1 Å². The van der Waals surface area contributed by atoms with Crippen molar-refractivity contribution < 1.29 is 9.90 Å². The van der Waals surface area contributed by atoms with Gasteiger partial charge in [-0.05, 0) is 17.7 Å². The molecule has 0 saturated carbocycles. The maximum Gasteiger partial charge on any atom is 0.218 e. The van der Waals surface area contributed by atoms with Gasteiger partial charge in [0.25, 0.3) is 0 Å². The number of nitrogens with two attached hydrogens (primary N) is 1. The van der Waals surface area contributed by atoms with Crippen LogP contribution in [0.15, 0.2) is 29.2 Å². The van der Waals surface area contributed by atoms with E-state index in [-0.39, 0.29) is 12.5 Å². The molecular weight excluding hydrogens is 198 g/mol. The minimum absolute atomic E-state index is 0.0459. The predicted octanol–water partition coefficient (Wildman–Crippen LogP) is 1.15. The molecule has 0 heterocycles. The summed E-state index contributed by atoms with van der Waals surface area (Å²) in [5, 5.41) is 8.89. The molecule has 0 radical (unpaired) electrons. The molecule has 1 amide bonds. The van der Waals surface area contributed by atoms with Crippen molar-refractivity contribution in [2.75, 3.05) is 5.75 Å². The third-order valence-corrected chi connectivity index (χ3v) is 2.69. The van der Waals surface area contributed by atoms with Crippen LogP contribution in [0.5, 0.6) is 0 Å². The van der Waals surface area contributed by atoms with Crippen LogP contribution in [0.1, 0.15) is 12.0 Å². The van der Waals surface area contributed by atoms with Crippen LogP contribution in [-0.4, -0.2) is 16.8 Å². The molecule has 0 aliphatic rings. The summed E-state index contributed by atoms with van der Waals surface area (Å²) in [6, 6.07) is 7.60. The summed E-state index contributed by atoms with van der Waals surface area (Å²) in [7, 11) is 0. The molecule has 0 saturated heterocycles. The van der Waals surface area contributed by atoms with Gasteiger partial charge in [-0.15, -0.1) is 11.8 Å². The van der Waals surface area contributed by atoms with Gasteiger partial charge < -0.3 is 10.8 Å². The van der Waals surface area contributed by atoms with Gasteiger partial charge in [0.2, 0.25) is 5.91 Å². The SMILES string of the molecule is NC(=O)CCSc1cccc(CO)c1. The van der Waals surface area contributed by atoms with Crippen molar-refractivity contribution >= 4 is 17.7 Å². The van der Waals surface area contributed by atoms with Gasteiger partial charge in [0, 0.05) is 17.1 Å². The molecule has 1 aromatic carbocycles. The van der Waals surface area contributed by atoms with Crippen molar-refractivity contribution in [1.29, 1.82) is 0 Å². The second kappa shape index (κ2) is 5.67. The van der Waals surface area contributed by atoms with E-state index >= 15 is 0 Å². The first-order valence-electron chi connectivity index (χ1n) is 4.33. The Morgan fingerprint density at radius 3 is 2.93 bits per heavy atom. The molecule has 3 N–H and O–H groups in total. The Balaban J connectivity index is 2.46. The summed E-state index contributed by atoms with van der Waals surface area (Å²) in [6.07, 6.45) is 0.383. The quantitative estimate of drug-likeness (QED) is 0.718. The van der Waals surface area contributed by atoms with Gasteiger partial charge in [0.1, 0.15) is 0 Å². The molecule has 1 aromatic rings. The number of carbonyl (C=O) groups excluding carboxylic acids is 1. The average Bonchev–Trinajstić information content (AvgIpc) is 2.18. The molecule has 1 rings (SSSR count). The first kappa shape index (κ1) is 11.1. The lowest BCUT2D eigenvalue weighted by molar-refractivity contribution is -0.117. The zero-order valence-corrected chi connectivity index (χ0v) is 8.59. The molecule has 0 bridgehead atoms. The van der Waals surface area contributed by atoms with E-state index in [1.807, 2.05) is 24.3 Å². The van der Waals surface area contributed by atoms with E-state index in [4.69, 9.17) is 10.8 Å². The second-order valence-electron chi connectivity index (χ2n) is 2.87. The number of amides is 1. The summed E-state index contributed by atoms with van der Waals surface area (Å²) in [6.45, 7) is 0.0459. The molecule has 76 valence electrons. The Morgan fingerprint density at radius 1 is 1.50 bits per heavy atom. The van der Waals surface area contributed by atoms with Crippen LogP contribution in [0.25, 0.3) is 0 Å². The van der Waals surface area contributed by atoms with Crippen molar-refractivity contribution in [2.45, 2.75) is 17.9 Å². The molecule has 0 fully saturated rings. The van der Waals surface area contributed by atoms with Gasteiger partial charge in [-0.3, -0.25) is 4.79 Å². The molecule has 14 heavy (non-hydrogen) atoms. The van der Waals surface area contributed by atoms with Crippen LogP contribution >= 0.6 is 11.8 Å². The molecule has 4 heteroatoms. The Kier molecular flexibility index (Phi) is 4.49. The van der Waals surface area contributed by atoms with Crippen molar-refractivity contribution in [3.63, 3.8) is 0 Å². The average molecular weight is 211 g/mol. The lowest BCUT2D eigenvalue weighted by Crippen LogP contribution is -2.10. The van der Waals surface area contributed by atoms with E-state index in [1.54, 1.807) is 11.8 Å². The molecule has 0 aliphatic heterocycles. The molecule has 0 aliphatic carbocycles. The number of thioether (sulfide) groups is 1. The summed E-state index contributed by atoms with van der Waals surface area (Å²) < 4.78 is 0. The largest absolute Gasteiger partial charge is 0.392 e. The van der Waals surface area contributed by atoms with Gasteiger partial charge in [0.05, 0.1) is 6.61 Å². The first-order valence-corrected chi connectivity index (χ1v) is 5.32. The molecule has 0 unspecified atom stereocenters. The number of primary amides is 1. The number of hydrogen-bond donors (Lipinski definition) is 2. The molecule has 0 aromatic heterocycles. The number of benzene rings is 1. The Bertz CT molecular complexity index is 315.